The fraction of sp³-hybridized carbons (Fsp3) is 0.0741. The lowest BCUT2D eigenvalue weighted by molar-refractivity contribution is -0.115. The highest BCUT2D eigenvalue weighted by Gasteiger charge is 2.21. The zero-order valence-electron chi connectivity index (χ0n) is 19.4. The van der Waals surface area contributed by atoms with Crippen LogP contribution in [0.2, 0.25) is 5.02 Å². The lowest BCUT2D eigenvalue weighted by atomic mass is 10.1. The quantitative estimate of drug-likeness (QED) is 0.268. The summed E-state index contributed by atoms with van der Waals surface area (Å²) in [5.41, 5.74) is 5.78. The topological polar surface area (TPSA) is 125 Å². The minimum Gasteiger partial charge on any atom is -0.345 e. The first-order chi connectivity index (χ1) is 18.0. The first kappa shape index (κ1) is 22.7. The van der Waals surface area contributed by atoms with Gasteiger partial charge in [-0.1, -0.05) is 23.7 Å². The zero-order chi connectivity index (χ0) is 25.4. The van der Waals surface area contributed by atoms with Crippen molar-refractivity contribution in [3.63, 3.8) is 0 Å². The van der Waals surface area contributed by atoms with E-state index in [1.54, 1.807) is 42.6 Å². The molecule has 1 aliphatic heterocycles. The maximum absolute atomic E-state index is 12.6. The third-order valence-electron chi connectivity index (χ3n) is 5.98. The van der Waals surface area contributed by atoms with E-state index in [1.165, 1.54) is 0 Å². The Morgan fingerprint density at radius 1 is 1.03 bits per heavy atom. The molecule has 0 radical (unpaired) electrons. The normalized spacial score (nSPS) is 12.3. The summed E-state index contributed by atoms with van der Waals surface area (Å²) in [7, 11) is 0. The van der Waals surface area contributed by atoms with Crippen LogP contribution in [0, 0.1) is 0 Å². The average Bonchev–Trinajstić information content (AvgIpc) is 3.26. The Balaban J connectivity index is 1.16. The number of aromatic nitrogens is 4. The summed E-state index contributed by atoms with van der Waals surface area (Å²) in [6.07, 6.45) is 1.81. The molecule has 37 heavy (non-hydrogen) atoms. The fourth-order valence-electron chi connectivity index (χ4n) is 4.21. The molecule has 0 unspecified atom stereocenters. The summed E-state index contributed by atoms with van der Waals surface area (Å²) >= 11 is 6.12. The molecule has 5 aromatic rings. The number of nitrogens with zero attached hydrogens (tertiary/aromatic N) is 3. The highest BCUT2D eigenvalue weighted by atomic mass is 35.5. The van der Waals surface area contributed by atoms with Gasteiger partial charge in [0.25, 0.3) is 5.91 Å². The van der Waals surface area contributed by atoms with Gasteiger partial charge in [-0.25, -0.2) is 15.0 Å². The van der Waals surface area contributed by atoms with E-state index >= 15 is 0 Å². The van der Waals surface area contributed by atoms with Gasteiger partial charge >= 0.3 is 0 Å². The van der Waals surface area contributed by atoms with Crippen molar-refractivity contribution in [2.45, 2.75) is 13.0 Å². The molecular weight excluding hydrogens is 490 g/mol. The van der Waals surface area contributed by atoms with Crippen molar-refractivity contribution in [2.24, 2.45) is 0 Å². The second-order valence-electron chi connectivity index (χ2n) is 8.57. The summed E-state index contributed by atoms with van der Waals surface area (Å²) < 4.78 is 0. The molecule has 0 aliphatic carbocycles. The van der Waals surface area contributed by atoms with Crippen molar-refractivity contribution in [2.75, 3.05) is 10.6 Å². The van der Waals surface area contributed by atoms with Crippen molar-refractivity contribution < 1.29 is 9.59 Å². The minimum atomic E-state index is -0.208. The number of hydrogen-bond donors (Lipinski definition) is 4. The molecule has 0 fully saturated rings. The number of carbonyl (C=O) groups excluding carboxylic acids is 2. The van der Waals surface area contributed by atoms with Gasteiger partial charge in [-0.15, -0.1) is 0 Å². The van der Waals surface area contributed by atoms with Gasteiger partial charge < -0.3 is 20.9 Å². The van der Waals surface area contributed by atoms with Gasteiger partial charge in [-0.3, -0.25) is 9.59 Å². The van der Waals surface area contributed by atoms with Gasteiger partial charge in [0.05, 0.1) is 35.4 Å². The molecule has 0 bridgehead atoms. The fourth-order valence-corrected chi connectivity index (χ4v) is 4.38. The number of amides is 2. The van der Waals surface area contributed by atoms with Crippen LogP contribution in [-0.2, 0) is 17.8 Å². The van der Waals surface area contributed by atoms with Gasteiger partial charge in [-0.05, 0) is 54.6 Å². The van der Waals surface area contributed by atoms with E-state index in [4.69, 9.17) is 11.6 Å². The first-order valence-electron chi connectivity index (χ1n) is 11.6. The molecule has 0 atom stereocenters. The molecule has 9 nitrogen and oxygen atoms in total. The van der Waals surface area contributed by atoms with Crippen LogP contribution in [0.3, 0.4) is 0 Å². The summed E-state index contributed by atoms with van der Waals surface area (Å²) in [5.74, 6) is 0.700. The Bertz CT molecular complexity index is 1630. The average molecular weight is 510 g/mol. The van der Waals surface area contributed by atoms with Gasteiger partial charge in [0.2, 0.25) is 11.9 Å². The highest BCUT2D eigenvalue weighted by molar-refractivity contribution is 6.31. The van der Waals surface area contributed by atoms with E-state index in [-0.39, 0.29) is 18.2 Å². The van der Waals surface area contributed by atoms with Crippen molar-refractivity contribution >= 4 is 51.8 Å². The van der Waals surface area contributed by atoms with Crippen molar-refractivity contribution in [3.05, 3.63) is 94.9 Å². The Labute approximate surface area is 216 Å². The van der Waals surface area contributed by atoms with Crippen LogP contribution in [0.5, 0.6) is 0 Å². The predicted molar refractivity (Wildman–Crippen MR) is 142 cm³/mol. The van der Waals surface area contributed by atoms with E-state index in [0.29, 0.717) is 46.0 Å². The number of hydrogen-bond acceptors (Lipinski definition) is 6. The number of imidazole rings is 1. The molecule has 0 saturated heterocycles. The number of rotatable bonds is 5. The number of halogens is 1. The Morgan fingerprint density at radius 2 is 1.86 bits per heavy atom. The van der Waals surface area contributed by atoms with Crippen LogP contribution < -0.4 is 16.0 Å². The second kappa shape index (κ2) is 9.36. The van der Waals surface area contributed by atoms with E-state index in [1.807, 2.05) is 30.3 Å². The third-order valence-corrected chi connectivity index (χ3v) is 6.22. The van der Waals surface area contributed by atoms with Gasteiger partial charge in [0, 0.05) is 33.6 Å². The number of para-hydroxylation sites is 2. The number of benzene rings is 3. The maximum atomic E-state index is 12.6. The molecule has 3 heterocycles. The molecular formula is C27H20ClN7O2. The van der Waals surface area contributed by atoms with Crippen LogP contribution in [0.25, 0.3) is 22.3 Å². The summed E-state index contributed by atoms with van der Waals surface area (Å²) in [5, 5.41) is 9.44. The van der Waals surface area contributed by atoms with Crippen LogP contribution >= 0.6 is 11.6 Å². The molecule has 1 aliphatic rings. The number of H-pyrrole nitrogens is 1. The highest BCUT2D eigenvalue weighted by Crippen LogP contribution is 2.34. The molecule has 182 valence electrons. The van der Waals surface area contributed by atoms with E-state index in [2.05, 4.69) is 35.9 Å². The standard InChI is InChI=1S/C27H20ClN7O2/c28-17-7-10-19-22(12-17)34-24(36)11-16-13-30-27(35-25(16)19)31-18-8-5-15(6-9-18)26(37)29-14-23-32-20-3-1-2-4-21(20)33-23/h1-10,12-13H,11,14H2,(H,29,37)(H,32,33)(H,34,36)(H,30,31,35). The largest absolute Gasteiger partial charge is 0.345 e. The lowest BCUT2D eigenvalue weighted by Gasteiger charge is -2.11. The molecule has 2 aromatic heterocycles. The molecule has 10 heteroatoms. The van der Waals surface area contributed by atoms with Crippen LogP contribution in [0.15, 0.2) is 72.9 Å². The summed E-state index contributed by atoms with van der Waals surface area (Å²) in [6, 6.07) is 20.0. The van der Waals surface area contributed by atoms with Crippen molar-refractivity contribution in [1.82, 2.24) is 25.3 Å². The van der Waals surface area contributed by atoms with Gasteiger partial charge in [0.1, 0.15) is 5.82 Å². The number of nitrogens with one attached hydrogen (secondary N) is 4. The number of anilines is 3. The molecule has 2 amide bonds. The van der Waals surface area contributed by atoms with Crippen LogP contribution in [0.4, 0.5) is 17.3 Å². The lowest BCUT2D eigenvalue weighted by Crippen LogP contribution is -2.23. The molecule has 0 spiro atoms. The van der Waals surface area contributed by atoms with Gasteiger partial charge in [0.15, 0.2) is 0 Å². The minimum absolute atomic E-state index is 0.152. The van der Waals surface area contributed by atoms with Crippen molar-refractivity contribution in [3.8, 4) is 11.3 Å². The van der Waals surface area contributed by atoms with Crippen molar-refractivity contribution in [1.29, 1.82) is 0 Å². The van der Waals surface area contributed by atoms with E-state index in [0.717, 1.165) is 22.2 Å². The SMILES string of the molecule is O=C1Cc2cnc(Nc3ccc(C(=O)NCc4nc5ccccc5[nH]4)cc3)nc2-c2ccc(Cl)cc2N1. The third kappa shape index (κ3) is 4.72. The van der Waals surface area contributed by atoms with Gasteiger partial charge in [-0.2, -0.15) is 0 Å². The first-order valence-corrected chi connectivity index (χ1v) is 11.9. The van der Waals surface area contributed by atoms with E-state index in [9.17, 15) is 9.59 Å². The molecule has 0 saturated carbocycles. The zero-order valence-corrected chi connectivity index (χ0v) is 20.1. The van der Waals surface area contributed by atoms with E-state index < -0.39 is 0 Å². The molecule has 3 aromatic carbocycles. The predicted octanol–water partition coefficient (Wildman–Crippen LogP) is 4.84. The Kier molecular flexibility index (Phi) is 5.74. The Morgan fingerprint density at radius 3 is 2.70 bits per heavy atom. The molecule has 6 rings (SSSR count). The van der Waals surface area contributed by atoms with Crippen LogP contribution in [0.1, 0.15) is 21.7 Å². The summed E-state index contributed by atoms with van der Waals surface area (Å²) in [6.45, 7) is 0.292. The maximum Gasteiger partial charge on any atom is 0.251 e. The number of aromatic amines is 1. The monoisotopic (exact) mass is 509 g/mol. The number of carbonyl (C=O) groups is 2. The number of fused-ring (bicyclic) bond motifs is 4. The smallest absolute Gasteiger partial charge is 0.251 e. The second-order valence-corrected chi connectivity index (χ2v) is 9.00. The summed E-state index contributed by atoms with van der Waals surface area (Å²) in [4.78, 5) is 41.6. The molecule has 4 N–H and O–H groups in total. The van der Waals surface area contributed by atoms with Crippen LogP contribution in [-0.4, -0.2) is 31.8 Å². The Hall–Kier alpha value is -4.76.